The molecule has 0 aliphatic carbocycles. The summed E-state index contributed by atoms with van der Waals surface area (Å²) >= 11 is 0. The highest BCUT2D eigenvalue weighted by atomic mass is 28.4. The van der Waals surface area contributed by atoms with Gasteiger partial charge >= 0.3 is 0 Å². The molecular formula is C22H48OSi. The van der Waals surface area contributed by atoms with Crippen LogP contribution in [0.15, 0.2) is 0 Å². The van der Waals surface area contributed by atoms with Crippen molar-refractivity contribution >= 4 is 8.32 Å². The van der Waals surface area contributed by atoms with E-state index >= 15 is 0 Å². The Balaban J connectivity index is 3.00. The van der Waals surface area contributed by atoms with E-state index in [1.807, 2.05) is 0 Å². The Bertz CT molecular complexity index is 235. The molecule has 0 radical (unpaired) electrons. The Morgan fingerprint density at radius 2 is 0.708 bits per heavy atom. The largest absolute Gasteiger partial charge is 0.432 e. The average molecular weight is 357 g/mol. The predicted octanol–water partition coefficient (Wildman–Crippen LogP) is 8.23. The van der Waals surface area contributed by atoms with Gasteiger partial charge in [0, 0.05) is 0 Å². The Hall–Kier alpha value is 0.177. The molecule has 0 atom stereocenters. The molecule has 0 aliphatic heterocycles. The molecule has 0 rings (SSSR count). The van der Waals surface area contributed by atoms with Crippen LogP contribution in [0.25, 0.3) is 0 Å². The molecule has 0 amide bonds. The number of unbranched alkanes of at least 4 members (excludes halogenated alkanes) is 17. The first-order valence-electron chi connectivity index (χ1n) is 11.3. The molecule has 146 valence electrons. The highest BCUT2D eigenvalue weighted by molar-refractivity contribution is 6.69. The highest BCUT2D eigenvalue weighted by Crippen LogP contribution is 2.16. The molecule has 0 spiro atoms. The smallest absolute Gasteiger partial charge is 0.182 e. The summed E-state index contributed by atoms with van der Waals surface area (Å²) in [6.07, 6.45) is 25.7. The topological polar surface area (TPSA) is 20.2 Å². The van der Waals surface area contributed by atoms with Crippen molar-refractivity contribution in [2.24, 2.45) is 0 Å². The van der Waals surface area contributed by atoms with Gasteiger partial charge in [0.1, 0.15) is 0 Å². The van der Waals surface area contributed by atoms with Crippen LogP contribution in [0.5, 0.6) is 0 Å². The Kier molecular flexibility index (Phi) is 18.1. The molecule has 0 saturated heterocycles. The van der Waals surface area contributed by atoms with Crippen LogP contribution in [0.1, 0.15) is 122 Å². The van der Waals surface area contributed by atoms with Gasteiger partial charge in [-0.2, -0.15) is 0 Å². The summed E-state index contributed by atoms with van der Waals surface area (Å²) in [7, 11) is -1.77. The van der Waals surface area contributed by atoms with E-state index in [1.54, 1.807) is 0 Å². The highest BCUT2D eigenvalue weighted by Gasteiger charge is 2.14. The average Bonchev–Trinajstić information content (AvgIpc) is 2.52. The van der Waals surface area contributed by atoms with Crippen molar-refractivity contribution in [3.05, 3.63) is 0 Å². The van der Waals surface area contributed by atoms with Crippen LogP contribution in [0, 0.1) is 0 Å². The maximum atomic E-state index is 9.79. The van der Waals surface area contributed by atoms with Gasteiger partial charge < -0.3 is 4.80 Å². The third-order valence-electron chi connectivity index (χ3n) is 5.14. The molecule has 0 unspecified atom stereocenters. The molecule has 0 aromatic rings. The van der Waals surface area contributed by atoms with Crippen molar-refractivity contribution in [3.8, 4) is 0 Å². The third kappa shape index (κ3) is 22.2. The first-order valence-corrected chi connectivity index (χ1v) is 14.4. The first kappa shape index (κ1) is 24.2. The molecule has 0 aliphatic rings. The lowest BCUT2D eigenvalue weighted by Gasteiger charge is -2.12. The lowest BCUT2D eigenvalue weighted by atomic mass is 10.0. The van der Waals surface area contributed by atoms with Crippen molar-refractivity contribution < 1.29 is 4.80 Å². The van der Waals surface area contributed by atoms with Crippen LogP contribution >= 0.6 is 0 Å². The molecular weight excluding hydrogens is 308 g/mol. The quantitative estimate of drug-likeness (QED) is 0.182. The van der Waals surface area contributed by atoms with Gasteiger partial charge in [-0.1, -0.05) is 122 Å². The van der Waals surface area contributed by atoms with E-state index in [0.29, 0.717) is 0 Å². The van der Waals surface area contributed by atoms with Gasteiger partial charge in [-0.15, -0.1) is 0 Å². The van der Waals surface area contributed by atoms with E-state index in [2.05, 4.69) is 20.0 Å². The minimum absolute atomic E-state index is 1.09. The van der Waals surface area contributed by atoms with E-state index in [4.69, 9.17) is 0 Å². The molecule has 0 aromatic heterocycles. The lowest BCUT2D eigenvalue weighted by Crippen LogP contribution is -2.23. The molecule has 0 aromatic carbocycles. The fraction of sp³-hybridized carbons (Fsp3) is 1.00. The van der Waals surface area contributed by atoms with E-state index in [1.165, 1.54) is 116 Å². The predicted molar refractivity (Wildman–Crippen MR) is 113 cm³/mol. The molecule has 0 heterocycles. The Morgan fingerprint density at radius 3 is 0.958 bits per heavy atom. The number of hydrogen-bond acceptors (Lipinski definition) is 1. The fourth-order valence-electron chi connectivity index (χ4n) is 3.46. The van der Waals surface area contributed by atoms with Crippen molar-refractivity contribution in [2.45, 2.75) is 142 Å². The lowest BCUT2D eigenvalue weighted by molar-refractivity contribution is 0.521. The van der Waals surface area contributed by atoms with Crippen LogP contribution in [-0.2, 0) is 0 Å². The molecule has 1 N–H and O–H groups in total. The van der Waals surface area contributed by atoms with Crippen LogP contribution in [0.3, 0.4) is 0 Å². The second kappa shape index (κ2) is 18.0. The molecule has 1 nitrogen and oxygen atoms in total. The Morgan fingerprint density at radius 1 is 0.458 bits per heavy atom. The van der Waals surface area contributed by atoms with Gasteiger partial charge in [-0.3, -0.25) is 0 Å². The first-order chi connectivity index (χ1) is 11.6. The molecule has 0 bridgehead atoms. The van der Waals surface area contributed by atoms with E-state index in [0.717, 1.165) is 6.04 Å². The Labute approximate surface area is 155 Å². The zero-order chi connectivity index (χ0) is 17.9. The van der Waals surface area contributed by atoms with Crippen LogP contribution in [0.2, 0.25) is 19.1 Å². The summed E-state index contributed by atoms with van der Waals surface area (Å²) in [6, 6.07) is 1.09. The molecule has 0 fully saturated rings. The van der Waals surface area contributed by atoms with Crippen LogP contribution < -0.4 is 0 Å². The SMILES string of the molecule is CCCCCCCCCCCCCCCCCCCC[Si](C)(C)O. The van der Waals surface area contributed by atoms with E-state index in [-0.39, 0.29) is 0 Å². The summed E-state index contributed by atoms with van der Waals surface area (Å²) in [6.45, 7) is 6.41. The minimum Gasteiger partial charge on any atom is -0.432 e. The van der Waals surface area contributed by atoms with E-state index < -0.39 is 8.32 Å². The van der Waals surface area contributed by atoms with Crippen LogP contribution in [0.4, 0.5) is 0 Å². The van der Waals surface area contributed by atoms with Crippen molar-refractivity contribution in [2.75, 3.05) is 0 Å². The zero-order valence-electron chi connectivity index (χ0n) is 17.4. The standard InChI is InChI=1S/C22H48OSi/c1-4-5-6-7-8-9-10-11-12-13-14-15-16-17-18-19-20-21-22-24(2,3)23/h23H,4-22H2,1-3H3. The van der Waals surface area contributed by atoms with Crippen LogP contribution in [-0.4, -0.2) is 13.1 Å². The summed E-state index contributed by atoms with van der Waals surface area (Å²) in [5, 5.41) is 0. The summed E-state index contributed by atoms with van der Waals surface area (Å²) in [5.41, 5.74) is 0. The monoisotopic (exact) mass is 356 g/mol. The third-order valence-corrected chi connectivity index (χ3v) is 6.72. The summed E-state index contributed by atoms with van der Waals surface area (Å²) in [5.74, 6) is 0. The van der Waals surface area contributed by atoms with E-state index in [9.17, 15) is 4.80 Å². The van der Waals surface area contributed by atoms with Gasteiger partial charge in [-0.25, -0.2) is 0 Å². The fourth-order valence-corrected chi connectivity index (χ4v) is 4.57. The number of hydrogen-bond donors (Lipinski definition) is 1. The second-order valence-corrected chi connectivity index (χ2v) is 12.7. The molecule has 24 heavy (non-hydrogen) atoms. The summed E-state index contributed by atoms with van der Waals surface area (Å²) < 4.78 is 0. The van der Waals surface area contributed by atoms with Crippen molar-refractivity contribution in [1.82, 2.24) is 0 Å². The normalized spacial score (nSPS) is 12.0. The molecule has 2 heteroatoms. The van der Waals surface area contributed by atoms with Crippen molar-refractivity contribution in [3.63, 3.8) is 0 Å². The zero-order valence-corrected chi connectivity index (χ0v) is 18.4. The molecule has 0 saturated carbocycles. The van der Waals surface area contributed by atoms with Gasteiger partial charge in [-0.05, 0) is 19.1 Å². The van der Waals surface area contributed by atoms with Gasteiger partial charge in [0.25, 0.3) is 0 Å². The van der Waals surface area contributed by atoms with Gasteiger partial charge in [0.05, 0.1) is 0 Å². The van der Waals surface area contributed by atoms with Crippen molar-refractivity contribution in [1.29, 1.82) is 0 Å². The minimum atomic E-state index is -1.77. The van der Waals surface area contributed by atoms with Gasteiger partial charge in [0.2, 0.25) is 0 Å². The van der Waals surface area contributed by atoms with Gasteiger partial charge in [0.15, 0.2) is 8.32 Å². The maximum Gasteiger partial charge on any atom is 0.182 e. The second-order valence-electron chi connectivity index (χ2n) is 8.57. The summed E-state index contributed by atoms with van der Waals surface area (Å²) in [4.78, 5) is 9.79. The maximum absolute atomic E-state index is 9.79. The number of rotatable bonds is 19.